The van der Waals surface area contributed by atoms with E-state index in [0.29, 0.717) is 27.1 Å². The number of fused-ring (bicyclic) bond motifs is 1. The van der Waals surface area contributed by atoms with Gasteiger partial charge in [0.1, 0.15) is 5.00 Å². The molecule has 1 atom stereocenters. The summed E-state index contributed by atoms with van der Waals surface area (Å²) in [7, 11) is 1.62. The van der Waals surface area contributed by atoms with Crippen molar-refractivity contribution in [3.63, 3.8) is 0 Å². The Morgan fingerprint density at radius 2 is 1.96 bits per heavy atom. The van der Waals surface area contributed by atoms with Gasteiger partial charge in [0, 0.05) is 22.5 Å². The van der Waals surface area contributed by atoms with Gasteiger partial charge in [0.2, 0.25) is 0 Å². The molecule has 6 heteroatoms. The maximum absolute atomic E-state index is 12.7. The van der Waals surface area contributed by atoms with Gasteiger partial charge in [-0.05, 0) is 54.4 Å². The lowest BCUT2D eigenvalue weighted by molar-refractivity contribution is 0.0963. The molecule has 1 aliphatic rings. The van der Waals surface area contributed by atoms with Crippen molar-refractivity contribution in [2.24, 2.45) is 11.3 Å². The second-order valence-corrected chi connectivity index (χ2v) is 9.60. The summed E-state index contributed by atoms with van der Waals surface area (Å²) in [5.74, 6) is 0.161. The Kier molecular flexibility index (Phi) is 5.63. The third-order valence-electron chi connectivity index (χ3n) is 5.26. The Hall–Kier alpha value is -1.85. The quantitative estimate of drug-likeness (QED) is 0.741. The van der Waals surface area contributed by atoms with Crippen LogP contribution < -0.4 is 10.6 Å². The average Bonchev–Trinajstić information content (AvgIpc) is 2.97. The minimum Gasteiger partial charge on any atom is -0.355 e. The molecule has 2 aromatic rings. The number of thiophene rings is 1. The Balaban J connectivity index is 1.94. The summed E-state index contributed by atoms with van der Waals surface area (Å²) in [6, 6.07) is 6.80. The van der Waals surface area contributed by atoms with E-state index in [1.807, 2.05) is 0 Å². The van der Waals surface area contributed by atoms with Gasteiger partial charge in [-0.15, -0.1) is 11.3 Å². The zero-order valence-corrected chi connectivity index (χ0v) is 17.7. The first-order valence-electron chi connectivity index (χ1n) is 9.14. The Morgan fingerprint density at radius 3 is 2.59 bits per heavy atom. The number of hydrogen-bond donors (Lipinski definition) is 2. The molecule has 1 aliphatic carbocycles. The Labute approximate surface area is 169 Å². The van der Waals surface area contributed by atoms with Crippen molar-refractivity contribution in [2.45, 2.75) is 40.0 Å². The van der Waals surface area contributed by atoms with E-state index >= 15 is 0 Å². The summed E-state index contributed by atoms with van der Waals surface area (Å²) in [5.41, 5.74) is 2.39. The van der Waals surface area contributed by atoms with Gasteiger partial charge in [0.15, 0.2) is 0 Å². The number of halogens is 1. The molecular weight excluding hydrogens is 380 g/mol. The third-order valence-corrected chi connectivity index (χ3v) is 6.66. The van der Waals surface area contributed by atoms with Gasteiger partial charge >= 0.3 is 0 Å². The molecule has 1 unspecified atom stereocenters. The van der Waals surface area contributed by atoms with Crippen LogP contribution in [0.25, 0.3) is 0 Å². The highest BCUT2D eigenvalue weighted by atomic mass is 35.5. The monoisotopic (exact) mass is 404 g/mol. The van der Waals surface area contributed by atoms with Crippen LogP contribution in [0.4, 0.5) is 5.00 Å². The van der Waals surface area contributed by atoms with Gasteiger partial charge in [0.25, 0.3) is 11.8 Å². The molecule has 0 fully saturated rings. The first-order valence-corrected chi connectivity index (χ1v) is 10.3. The lowest BCUT2D eigenvalue weighted by Gasteiger charge is -2.33. The maximum atomic E-state index is 12.7. The number of carbonyl (C=O) groups excluding carboxylic acids is 2. The van der Waals surface area contributed by atoms with E-state index in [1.54, 1.807) is 31.3 Å². The molecule has 2 amide bonds. The fourth-order valence-electron chi connectivity index (χ4n) is 3.58. The topological polar surface area (TPSA) is 58.2 Å². The molecule has 0 saturated heterocycles. The molecular formula is C21H25ClN2O2S. The molecule has 0 radical (unpaired) electrons. The van der Waals surface area contributed by atoms with E-state index < -0.39 is 0 Å². The smallest absolute Gasteiger partial charge is 0.256 e. The fourth-order valence-corrected chi connectivity index (χ4v) is 5.09. The van der Waals surface area contributed by atoms with Crippen LogP contribution in [0.5, 0.6) is 0 Å². The summed E-state index contributed by atoms with van der Waals surface area (Å²) >= 11 is 7.52. The van der Waals surface area contributed by atoms with E-state index in [1.165, 1.54) is 16.2 Å². The summed E-state index contributed by atoms with van der Waals surface area (Å²) < 4.78 is 0. The average molecular weight is 405 g/mol. The van der Waals surface area contributed by atoms with Crippen LogP contribution in [0.1, 0.15) is 58.3 Å². The second-order valence-electron chi connectivity index (χ2n) is 8.06. The van der Waals surface area contributed by atoms with E-state index in [9.17, 15) is 9.59 Å². The molecule has 0 saturated carbocycles. The van der Waals surface area contributed by atoms with E-state index in [2.05, 4.69) is 31.4 Å². The van der Waals surface area contributed by atoms with Gasteiger partial charge in [-0.2, -0.15) is 0 Å². The van der Waals surface area contributed by atoms with Crippen LogP contribution in [-0.2, 0) is 12.8 Å². The minimum atomic E-state index is -0.256. The molecule has 0 spiro atoms. The van der Waals surface area contributed by atoms with Crippen LogP contribution >= 0.6 is 22.9 Å². The predicted molar refractivity (Wildman–Crippen MR) is 112 cm³/mol. The number of carbonyl (C=O) groups is 2. The zero-order valence-electron chi connectivity index (χ0n) is 16.1. The Morgan fingerprint density at radius 1 is 1.22 bits per heavy atom. The largest absolute Gasteiger partial charge is 0.355 e. The highest BCUT2D eigenvalue weighted by Gasteiger charge is 2.33. The molecule has 0 aliphatic heterocycles. The van der Waals surface area contributed by atoms with Gasteiger partial charge < -0.3 is 10.6 Å². The molecule has 1 aromatic heterocycles. The number of rotatable bonds is 3. The lowest BCUT2D eigenvalue weighted by atomic mass is 9.72. The van der Waals surface area contributed by atoms with E-state index in [-0.39, 0.29) is 17.2 Å². The van der Waals surface area contributed by atoms with Gasteiger partial charge in [-0.25, -0.2) is 0 Å². The molecule has 4 nitrogen and oxygen atoms in total. The first-order chi connectivity index (χ1) is 12.7. The van der Waals surface area contributed by atoms with Crippen molar-refractivity contribution in [3.05, 3.63) is 50.9 Å². The first kappa shape index (κ1) is 19.9. The molecule has 3 rings (SSSR count). The van der Waals surface area contributed by atoms with Crippen molar-refractivity contribution < 1.29 is 9.59 Å². The fraction of sp³-hybridized carbons (Fsp3) is 0.429. The summed E-state index contributed by atoms with van der Waals surface area (Å²) in [4.78, 5) is 26.4. The number of anilines is 1. The van der Waals surface area contributed by atoms with Crippen molar-refractivity contribution in [1.82, 2.24) is 5.32 Å². The highest BCUT2D eigenvalue weighted by Crippen LogP contribution is 2.44. The van der Waals surface area contributed by atoms with Gasteiger partial charge in [-0.1, -0.05) is 38.4 Å². The van der Waals surface area contributed by atoms with Crippen molar-refractivity contribution >= 4 is 39.8 Å². The van der Waals surface area contributed by atoms with Gasteiger partial charge in [0.05, 0.1) is 5.56 Å². The second kappa shape index (κ2) is 7.64. The van der Waals surface area contributed by atoms with Crippen molar-refractivity contribution in [1.29, 1.82) is 0 Å². The molecule has 1 heterocycles. The standard InChI is InChI=1S/C21H25ClN2O2S/c1-21(2,3)13-8-9-15-16(11-13)27-20(17(15)19(26)23-4)24-18(25)12-6-5-7-14(22)10-12/h5-7,10,13H,8-9,11H2,1-4H3,(H,23,26)(H,24,25). The number of hydrogen-bond acceptors (Lipinski definition) is 3. The minimum absolute atomic E-state index is 0.150. The normalized spacial score (nSPS) is 16.6. The van der Waals surface area contributed by atoms with Crippen molar-refractivity contribution in [2.75, 3.05) is 12.4 Å². The van der Waals surface area contributed by atoms with Gasteiger partial charge in [-0.3, -0.25) is 9.59 Å². The van der Waals surface area contributed by atoms with Crippen LogP contribution in [0.2, 0.25) is 5.02 Å². The van der Waals surface area contributed by atoms with E-state index in [4.69, 9.17) is 11.6 Å². The maximum Gasteiger partial charge on any atom is 0.256 e. The molecule has 144 valence electrons. The predicted octanol–water partition coefficient (Wildman–Crippen LogP) is 5.16. The van der Waals surface area contributed by atoms with E-state index in [0.717, 1.165) is 24.8 Å². The van der Waals surface area contributed by atoms with Crippen molar-refractivity contribution in [3.8, 4) is 0 Å². The lowest BCUT2D eigenvalue weighted by Crippen LogP contribution is -2.27. The summed E-state index contributed by atoms with van der Waals surface area (Å²) in [5, 5.41) is 6.79. The molecule has 2 N–H and O–H groups in total. The highest BCUT2D eigenvalue weighted by molar-refractivity contribution is 7.17. The van der Waals surface area contributed by atoms with Crippen LogP contribution in [0, 0.1) is 11.3 Å². The molecule has 27 heavy (non-hydrogen) atoms. The number of nitrogens with one attached hydrogen (secondary N) is 2. The summed E-state index contributed by atoms with van der Waals surface area (Å²) in [6.45, 7) is 6.79. The molecule has 1 aromatic carbocycles. The summed E-state index contributed by atoms with van der Waals surface area (Å²) in [6.07, 6.45) is 2.86. The number of benzene rings is 1. The van der Waals surface area contributed by atoms with Crippen LogP contribution in [0.15, 0.2) is 24.3 Å². The SMILES string of the molecule is CNC(=O)c1c(NC(=O)c2cccc(Cl)c2)sc2c1CCC(C(C)(C)C)C2. The van der Waals surface area contributed by atoms with Crippen LogP contribution in [0.3, 0.4) is 0 Å². The number of amides is 2. The third kappa shape index (κ3) is 4.19. The molecule has 0 bridgehead atoms. The van der Waals surface area contributed by atoms with Crippen LogP contribution in [-0.4, -0.2) is 18.9 Å². The zero-order chi connectivity index (χ0) is 19.8. The Bertz CT molecular complexity index is 883.